The quantitative estimate of drug-likeness (QED) is 0.834. The summed E-state index contributed by atoms with van der Waals surface area (Å²) in [6.45, 7) is 6.87. The van der Waals surface area contributed by atoms with Crippen molar-refractivity contribution in [3.63, 3.8) is 0 Å². The highest BCUT2D eigenvalue weighted by atomic mass is 16.1. The highest BCUT2D eigenvalue weighted by Gasteiger charge is 2.27. The van der Waals surface area contributed by atoms with E-state index in [1.54, 1.807) is 0 Å². The molecule has 1 aliphatic carbocycles. The SMILES string of the molecule is CCN(CCNC(=O)c1ccc2c(c1)CNCC2)C1CC1. The van der Waals surface area contributed by atoms with Crippen LogP contribution in [0.3, 0.4) is 0 Å². The molecule has 1 aromatic rings. The normalized spacial score (nSPS) is 17.6. The summed E-state index contributed by atoms with van der Waals surface area (Å²) in [4.78, 5) is 14.7. The Morgan fingerprint density at radius 3 is 3.00 bits per heavy atom. The second-order valence-electron chi connectivity index (χ2n) is 6.03. The lowest BCUT2D eigenvalue weighted by Gasteiger charge is -2.20. The van der Waals surface area contributed by atoms with Crippen LogP contribution in [0.2, 0.25) is 0 Å². The van der Waals surface area contributed by atoms with Gasteiger partial charge in [0.25, 0.3) is 5.91 Å². The molecule has 21 heavy (non-hydrogen) atoms. The van der Waals surface area contributed by atoms with Gasteiger partial charge in [0.15, 0.2) is 0 Å². The Labute approximate surface area is 126 Å². The van der Waals surface area contributed by atoms with E-state index in [1.165, 1.54) is 24.0 Å². The van der Waals surface area contributed by atoms with Gasteiger partial charge in [-0.15, -0.1) is 0 Å². The first kappa shape index (κ1) is 14.5. The molecular formula is C17H25N3O. The lowest BCUT2D eigenvalue weighted by molar-refractivity contribution is 0.0948. The number of nitrogens with zero attached hydrogens (tertiary/aromatic N) is 1. The van der Waals surface area contributed by atoms with Crippen LogP contribution in [-0.2, 0) is 13.0 Å². The van der Waals surface area contributed by atoms with Gasteiger partial charge in [-0.1, -0.05) is 13.0 Å². The second kappa shape index (κ2) is 6.58. The van der Waals surface area contributed by atoms with Crippen molar-refractivity contribution in [2.24, 2.45) is 0 Å². The Morgan fingerprint density at radius 1 is 1.38 bits per heavy atom. The minimum absolute atomic E-state index is 0.0511. The molecular weight excluding hydrogens is 262 g/mol. The van der Waals surface area contributed by atoms with E-state index in [0.29, 0.717) is 0 Å². The number of hydrogen-bond acceptors (Lipinski definition) is 3. The van der Waals surface area contributed by atoms with Crippen LogP contribution in [0.25, 0.3) is 0 Å². The first-order chi connectivity index (χ1) is 10.3. The molecule has 2 aliphatic rings. The van der Waals surface area contributed by atoms with Crippen LogP contribution in [0.1, 0.15) is 41.3 Å². The van der Waals surface area contributed by atoms with Crippen LogP contribution in [-0.4, -0.2) is 43.0 Å². The van der Waals surface area contributed by atoms with E-state index in [2.05, 4.69) is 28.5 Å². The number of amides is 1. The highest BCUT2D eigenvalue weighted by molar-refractivity contribution is 5.94. The molecule has 0 saturated heterocycles. The topological polar surface area (TPSA) is 44.4 Å². The number of fused-ring (bicyclic) bond motifs is 1. The number of carbonyl (C=O) groups is 1. The van der Waals surface area contributed by atoms with Gasteiger partial charge in [-0.25, -0.2) is 0 Å². The van der Waals surface area contributed by atoms with Crippen molar-refractivity contribution in [3.8, 4) is 0 Å². The van der Waals surface area contributed by atoms with E-state index in [0.717, 1.165) is 50.7 Å². The van der Waals surface area contributed by atoms with Gasteiger partial charge >= 0.3 is 0 Å². The van der Waals surface area contributed by atoms with Crippen LogP contribution >= 0.6 is 0 Å². The van der Waals surface area contributed by atoms with Crippen LogP contribution in [0.5, 0.6) is 0 Å². The molecule has 0 atom stereocenters. The monoisotopic (exact) mass is 287 g/mol. The standard InChI is InChI=1S/C17H25N3O/c1-2-20(16-5-6-16)10-9-19-17(21)14-4-3-13-7-8-18-12-15(13)11-14/h3-4,11,16,18H,2,5-10,12H2,1H3,(H,19,21). The average Bonchev–Trinajstić information content (AvgIpc) is 3.35. The van der Waals surface area contributed by atoms with Gasteiger partial charge in [0.2, 0.25) is 0 Å². The lowest BCUT2D eigenvalue weighted by atomic mass is 9.98. The first-order valence-electron chi connectivity index (χ1n) is 8.12. The smallest absolute Gasteiger partial charge is 0.251 e. The maximum Gasteiger partial charge on any atom is 0.251 e. The molecule has 1 aliphatic heterocycles. The van der Waals surface area contributed by atoms with Crippen LogP contribution < -0.4 is 10.6 Å². The Hall–Kier alpha value is -1.39. The molecule has 1 amide bonds. The predicted molar refractivity (Wildman–Crippen MR) is 84.5 cm³/mol. The highest BCUT2D eigenvalue weighted by Crippen LogP contribution is 2.25. The third-order valence-corrected chi connectivity index (χ3v) is 4.51. The minimum Gasteiger partial charge on any atom is -0.351 e. The summed E-state index contributed by atoms with van der Waals surface area (Å²) >= 11 is 0. The summed E-state index contributed by atoms with van der Waals surface area (Å²) in [5.74, 6) is 0.0511. The molecule has 4 heteroatoms. The third-order valence-electron chi connectivity index (χ3n) is 4.51. The maximum atomic E-state index is 12.2. The van der Waals surface area contributed by atoms with E-state index in [-0.39, 0.29) is 5.91 Å². The minimum atomic E-state index is 0.0511. The Bertz CT molecular complexity index is 511. The summed E-state index contributed by atoms with van der Waals surface area (Å²) in [5, 5.41) is 6.41. The van der Waals surface area contributed by atoms with Gasteiger partial charge in [-0.3, -0.25) is 9.69 Å². The first-order valence-corrected chi connectivity index (χ1v) is 8.12. The van der Waals surface area contributed by atoms with E-state index >= 15 is 0 Å². The molecule has 4 nitrogen and oxygen atoms in total. The molecule has 1 aromatic carbocycles. The maximum absolute atomic E-state index is 12.2. The summed E-state index contributed by atoms with van der Waals surface area (Å²) in [5.41, 5.74) is 3.42. The fourth-order valence-electron chi connectivity index (χ4n) is 3.08. The summed E-state index contributed by atoms with van der Waals surface area (Å²) in [7, 11) is 0. The van der Waals surface area contributed by atoms with Gasteiger partial charge in [0.05, 0.1) is 0 Å². The molecule has 2 N–H and O–H groups in total. The average molecular weight is 287 g/mol. The van der Waals surface area contributed by atoms with Gasteiger partial charge in [0.1, 0.15) is 0 Å². The number of nitrogens with one attached hydrogen (secondary N) is 2. The van der Waals surface area contributed by atoms with Gasteiger partial charge < -0.3 is 10.6 Å². The van der Waals surface area contributed by atoms with Crippen molar-refractivity contribution in [2.45, 2.75) is 38.8 Å². The van der Waals surface area contributed by atoms with E-state index in [9.17, 15) is 4.79 Å². The second-order valence-corrected chi connectivity index (χ2v) is 6.03. The molecule has 1 saturated carbocycles. The number of likely N-dealkylation sites (N-methyl/N-ethyl adjacent to an activating group) is 1. The number of hydrogen-bond donors (Lipinski definition) is 2. The van der Waals surface area contributed by atoms with E-state index in [1.807, 2.05) is 12.1 Å². The Balaban J connectivity index is 1.52. The fourth-order valence-corrected chi connectivity index (χ4v) is 3.08. The van der Waals surface area contributed by atoms with Crippen LogP contribution in [0.15, 0.2) is 18.2 Å². The number of benzene rings is 1. The largest absolute Gasteiger partial charge is 0.351 e. The van der Waals surface area contributed by atoms with Crippen molar-refractivity contribution in [2.75, 3.05) is 26.2 Å². The fraction of sp³-hybridized carbons (Fsp3) is 0.588. The molecule has 114 valence electrons. The summed E-state index contributed by atoms with van der Waals surface area (Å²) in [6, 6.07) is 6.86. The van der Waals surface area contributed by atoms with Crippen molar-refractivity contribution in [1.29, 1.82) is 0 Å². The van der Waals surface area contributed by atoms with Crippen LogP contribution in [0.4, 0.5) is 0 Å². The predicted octanol–water partition coefficient (Wildman–Crippen LogP) is 1.55. The molecule has 3 rings (SSSR count). The third kappa shape index (κ3) is 3.63. The van der Waals surface area contributed by atoms with Crippen LogP contribution in [0, 0.1) is 0 Å². The van der Waals surface area contributed by atoms with Crippen molar-refractivity contribution in [1.82, 2.24) is 15.5 Å². The Morgan fingerprint density at radius 2 is 2.24 bits per heavy atom. The molecule has 0 radical (unpaired) electrons. The van der Waals surface area contributed by atoms with Gasteiger partial charge in [-0.05, 0) is 55.6 Å². The molecule has 0 aromatic heterocycles. The molecule has 0 bridgehead atoms. The Kier molecular flexibility index (Phi) is 4.56. The van der Waals surface area contributed by atoms with E-state index < -0.39 is 0 Å². The zero-order chi connectivity index (χ0) is 14.7. The molecule has 1 heterocycles. The van der Waals surface area contributed by atoms with E-state index in [4.69, 9.17) is 0 Å². The molecule has 1 fully saturated rings. The lowest BCUT2D eigenvalue weighted by Crippen LogP contribution is -2.36. The summed E-state index contributed by atoms with van der Waals surface area (Å²) in [6.07, 6.45) is 3.70. The van der Waals surface area contributed by atoms with Crippen molar-refractivity contribution >= 4 is 5.91 Å². The van der Waals surface area contributed by atoms with Gasteiger partial charge in [0, 0.05) is 31.2 Å². The van der Waals surface area contributed by atoms with Crippen molar-refractivity contribution < 1.29 is 4.79 Å². The van der Waals surface area contributed by atoms with Gasteiger partial charge in [-0.2, -0.15) is 0 Å². The zero-order valence-electron chi connectivity index (χ0n) is 12.8. The number of rotatable bonds is 6. The molecule has 0 spiro atoms. The number of carbonyl (C=O) groups excluding carboxylic acids is 1. The van der Waals surface area contributed by atoms with Crippen molar-refractivity contribution in [3.05, 3.63) is 34.9 Å². The molecule has 0 unspecified atom stereocenters. The summed E-state index contributed by atoms with van der Waals surface area (Å²) < 4.78 is 0. The zero-order valence-corrected chi connectivity index (χ0v) is 12.8.